The third-order valence-electron chi connectivity index (χ3n) is 3.75. The van der Waals surface area contributed by atoms with E-state index in [9.17, 15) is 14.4 Å². The average Bonchev–Trinajstić information content (AvgIpc) is 2.75. The van der Waals surface area contributed by atoms with Gasteiger partial charge in [-0.05, 0) is 24.5 Å². The van der Waals surface area contributed by atoms with E-state index in [2.05, 4.69) is 0 Å². The van der Waals surface area contributed by atoms with E-state index in [0.29, 0.717) is 18.7 Å². The Hall–Kier alpha value is -1.89. The maximum Gasteiger partial charge on any atom is 0.240 e. The summed E-state index contributed by atoms with van der Waals surface area (Å²) in [6, 6.07) is 8.37. The molecule has 1 heterocycles. The molecule has 0 bridgehead atoms. The normalized spacial score (nSPS) is 17.1. The Labute approximate surface area is 119 Å². The molecule has 4 heteroatoms. The smallest absolute Gasteiger partial charge is 0.240 e. The summed E-state index contributed by atoms with van der Waals surface area (Å²) in [4.78, 5) is 14.1. The van der Waals surface area contributed by atoms with E-state index in [1.165, 1.54) is 6.07 Å². The van der Waals surface area contributed by atoms with E-state index in [4.69, 9.17) is 0 Å². The van der Waals surface area contributed by atoms with Crippen LogP contribution >= 0.6 is 0 Å². The second-order valence-electron chi connectivity index (χ2n) is 5.22. The van der Waals surface area contributed by atoms with Gasteiger partial charge in [-0.25, -0.2) is 4.39 Å². The van der Waals surface area contributed by atoms with Crippen molar-refractivity contribution >= 4 is 5.91 Å². The summed E-state index contributed by atoms with van der Waals surface area (Å²) in [7, 11) is 0. The fraction of sp³-hybridized carbons (Fsp3) is 0.500. The molecule has 1 atom stereocenters. The summed E-state index contributed by atoms with van der Waals surface area (Å²) >= 11 is 0. The first-order chi connectivity index (χ1) is 9.72. The van der Waals surface area contributed by atoms with Crippen LogP contribution in [0.5, 0.6) is 0 Å². The van der Waals surface area contributed by atoms with Crippen LogP contribution in [-0.4, -0.2) is 23.9 Å². The molecular weight excluding hydrogens is 255 g/mol. The third-order valence-corrected chi connectivity index (χ3v) is 3.75. The average molecular weight is 274 g/mol. The van der Waals surface area contributed by atoms with E-state index in [-0.39, 0.29) is 18.1 Å². The Balaban J connectivity index is 2.06. The monoisotopic (exact) mass is 274 g/mol. The molecule has 20 heavy (non-hydrogen) atoms. The van der Waals surface area contributed by atoms with Gasteiger partial charge in [0.2, 0.25) is 5.91 Å². The molecule has 0 radical (unpaired) electrons. The first-order valence-electron chi connectivity index (χ1n) is 7.14. The van der Waals surface area contributed by atoms with Crippen LogP contribution in [0, 0.1) is 23.1 Å². The fourth-order valence-electron chi connectivity index (χ4n) is 2.58. The Morgan fingerprint density at radius 3 is 2.50 bits per heavy atom. The van der Waals surface area contributed by atoms with Gasteiger partial charge in [0.25, 0.3) is 0 Å². The van der Waals surface area contributed by atoms with Gasteiger partial charge in [-0.15, -0.1) is 0 Å². The predicted molar refractivity (Wildman–Crippen MR) is 74.3 cm³/mol. The van der Waals surface area contributed by atoms with Crippen molar-refractivity contribution in [1.82, 2.24) is 4.90 Å². The Kier molecular flexibility index (Phi) is 5.11. The van der Waals surface area contributed by atoms with Crippen LogP contribution in [0.15, 0.2) is 24.3 Å². The van der Waals surface area contributed by atoms with Crippen molar-refractivity contribution in [3.05, 3.63) is 35.6 Å². The van der Waals surface area contributed by atoms with E-state index in [1.807, 2.05) is 6.07 Å². The van der Waals surface area contributed by atoms with Crippen molar-refractivity contribution in [2.45, 2.75) is 32.1 Å². The minimum atomic E-state index is -0.787. The zero-order valence-corrected chi connectivity index (χ0v) is 11.5. The number of benzene rings is 1. The van der Waals surface area contributed by atoms with Gasteiger partial charge in [0.05, 0.1) is 6.07 Å². The largest absolute Gasteiger partial charge is 0.342 e. The van der Waals surface area contributed by atoms with Crippen LogP contribution < -0.4 is 0 Å². The Morgan fingerprint density at radius 1 is 1.25 bits per heavy atom. The number of carbonyl (C=O) groups is 1. The van der Waals surface area contributed by atoms with Crippen molar-refractivity contribution < 1.29 is 9.18 Å². The number of nitriles is 1. The van der Waals surface area contributed by atoms with Crippen molar-refractivity contribution in [1.29, 1.82) is 5.26 Å². The van der Waals surface area contributed by atoms with Gasteiger partial charge in [-0.1, -0.05) is 31.0 Å². The van der Waals surface area contributed by atoms with Gasteiger partial charge in [-0.2, -0.15) is 5.26 Å². The topological polar surface area (TPSA) is 44.1 Å². The summed E-state index contributed by atoms with van der Waals surface area (Å²) in [5.74, 6) is -1.29. The van der Waals surface area contributed by atoms with Crippen molar-refractivity contribution in [2.24, 2.45) is 5.92 Å². The van der Waals surface area contributed by atoms with E-state index in [0.717, 1.165) is 25.7 Å². The maximum atomic E-state index is 13.6. The summed E-state index contributed by atoms with van der Waals surface area (Å²) in [6.07, 6.45) is 4.40. The lowest BCUT2D eigenvalue weighted by molar-refractivity contribution is -0.133. The third kappa shape index (κ3) is 3.57. The summed E-state index contributed by atoms with van der Waals surface area (Å²) < 4.78 is 13.6. The molecule has 0 spiro atoms. The molecule has 2 rings (SSSR count). The molecule has 1 fully saturated rings. The van der Waals surface area contributed by atoms with Gasteiger partial charge in [0.1, 0.15) is 11.7 Å². The van der Waals surface area contributed by atoms with Gasteiger partial charge < -0.3 is 4.90 Å². The zero-order valence-electron chi connectivity index (χ0n) is 11.5. The van der Waals surface area contributed by atoms with Crippen LogP contribution in [0.4, 0.5) is 4.39 Å². The first-order valence-corrected chi connectivity index (χ1v) is 7.14. The number of hydrogen-bond acceptors (Lipinski definition) is 2. The van der Waals surface area contributed by atoms with Crippen LogP contribution in [0.3, 0.4) is 0 Å². The maximum absolute atomic E-state index is 13.6. The van der Waals surface area contributed by atoms with Crippen LogP contribution in [0.25, 0.3) is 0 Å². The lowest BCUT2D eigenvalue weighted by Gasteiger charge is -2.23. The molecule has 1 aliphatic rings. The fourth-order valence-corrected chi connectivity index (χ4v) is 2.58. The molecule has 0 aromatic heterocycles. The molecule has 0 saturated carbocycles. The second-order valence-corrected chi connectivity index (χ2v) is 5.22. The first kappa shape index (κ1) is 14.5. The summed E-state index contributed by atoms with van der Waals surface area (Å²) in [5.41, 5.74) is 0.433. The molecule has 1 aromatic carbocycles. The summed E-state index contributed by atoms with van der Waals surface area (Å²) in [6.45, 7) is 1.43. The van der Waals surface area contributed by atoms with E-state index < -0.39 is 5.92 Å². The number of hydrogen-bond donors (Lipinski definition) is 0. The van der Waals surface area contributed by atoms with Crippen molar-refractivity contribution in [3.63, 3.8) is 0 Å². The summed E-state index contributed by atoms with van der Waals surface area (Å²) in [5, 5.41) is 9.23. The minimum absolute atomic E-state index is 0.151. The molecule has 106 valence electrons. The molecule has 1 aromatic rings. The van der Waals surface area contributed by atoms with Crippen LogP contribution in [0.1, 0.15) is 31.2 Å². The lowest BCUT2D eigenvalue weighted by Crippen LogP contribution is -2.37. The number of rotatable bonds is 3. The van der Waals surface area contributed by atoms with Crippen molar-refractivity contribution in [3.8, 4) is 6.07 Å². The molecule has 1 amide bonds. The van der Waals surface area contributed by atoms with Gasteiger partial charge in [0.15, 0.2) is 0 Å². The molecule has 0 N–H and O–H groups in total. The molecule has 1 saturated heterocycles. The van der Waals surface area contributed by atoms with Crippen LogP contribution in [-0.2, 0) is 11.2 Å². The van der Waals surface area contributed by atoms with Crippen LogP contribution in [0.2, 0.25) is 0 Å². The molecule has 1 aliphatic heterocycles. The highest BCUT2D eigenvalue weighted by Crippen LogP contribution is 2.17. The van der Waals surface area contributed by atoms with E-state index in [1.54, 1.807) is 23.1 Å². The number of likely N-dealkylation sites (tertiary alicyclic amines) is 1. The predicted octanol–water partition coefficient (Wildman–Crippen LogP) is 2.91. The van der Waals surface area contributed by atoms with Gasteiger partial charge in [0, 0.05) is 19.5 Å². The lowest BCUT2D eigenvalue weighted by atomic mass is 9.98. The Bertz CT molecular complexity index is 501. The highest BCUT2D eigenvalue weighted by atomic mass is 19.1. The number of amides is 1. The Morgan fingerprint density at radius 2 is 1.90 bits per heavy atom. The van der Waals surface area contributed by atoms with Gasteiger partial charge in [-0.3, -0.25) is 4.79 Å². The molecule has 3 nitrogen and oxygen atoms in total. The number of carbonyl (C=O) groups excluding carboxylic acids is 1. The minimum Gasteiger partial charge on any atom is -0.342 e. The van der Waals surface area contributed by atoms with E-state index >= 15 is 0 Å². The standard InChI is InChI=1S/C16H19FN2O/c17-15-8-4-3-7-13(15)11-14(12-18)16(20)19-9-5-1-2-6-10-19/h3-4,7-8,14H,1-2,5-6,9-11H2. The molecule has 0 aliphatic carbocycles. The highest BCUT2D eigenvalue weighted by molar-refractivity contribution is 5.81. The van der Waals surface area contributed by atoms with Crippen molar-refractivity contribution in [2.75, 3.05) is 13.1 Å². The second kappa shape index (κ2) is 7.04. The zero-order chi connectivity index (χ0) is 14.4. The molecular formula is C16H19FN2O. The number of nitrogens with zero attached hydrogens (tertiary/aromatic N) is 2. The SMILES string of the molecule is N#CC(Cc1ccccc1F)C(=O)N1CCCCCC1. The highest BCUT2D eigenvalue weighted by Gasteiger charge is 2.25. The molecule has 1 unspecified atom stereocenters. The number of halogens is 1. The van der Waals surface area contributed by atoms with Gasteiger partial charge >= 0.3 is 0 Å². The quantitative estimate of drug-likeness (QED) is 0.850.